The van der Waals surface area contributed by atoms with Gasteiger partial charge in [-0.25, -0.2) is 0 Å². The van der Waals surface area contributed by atoms with Crippen LogP contribution in [0.25, 0.3) is 0 Å². The summed E-state index contributed by atoms with van der Waals surface area (Å²) in [5, 5.41) is 34.1. The summed E-state index contributed by atoms with van der Waals surface area (Å²) in [4.78, 5) is 75.4. The molecule has 4 saturated carbocycles. The molecule has 49 heavy (non-hydrogen) atoms. The molecule has 0 aromatic heterocycles. The number of carbonyl (C=O) groups is 6. The van der Waals surface area contributed by atoms with Crippen LogP contribution in [0.5, 0.6) is 0 Å². The fraction of sp³-hybridized carbons (Fsp3) is 0.758. The highest BCUT2D eigenvalue weighted by Gasteiger charge is 2.85. The molecule has 270 valence electrons. The Bertz CT molecular complexity index is 1490. The SMILES string of the molecule is C=C1C[C@]23C[C@@]1(O)CC[C@H]2[C@@]12C[C@H](O[C@@H]4O[C@H](COC(C)=O)[C@@H](OC(C)=O)[C@H](OC(C)=O)[C@H]4OC(C)=O)[C@H](O)[C@@](C)(C(=O)O1)[C@H]2[C@@H]3C(=O)O. The Morgan fingerprint density at radius 3 is 2.16 bits per heavy atom. The number of aliphatic hydroxyl groups is 2. The highest BCUT2D eigenvalue weighted by Crippen LogP contribution is 2.78. The van der Waals surface area contributed by atoms with Gasteiger partial charge in [0, 0.05) is 46.0 Å². The second kappa shape index (κ2) is 11.7. The second-order valence-electron chi connectivity index (χ2n) is 14.6. The van der Waals surface area contributed by atoms with Crippen LogP contribution in [0.4, 0.5) is 0 Å². The molecule has 6 fully saturated rings. The van der Waals surface area contributed by atoms with Gasteiger partial charge >= 0.3 is 35.8 Å². The number of hydrogen-bond acceptors (Lipinski definition) is 15. The number of ether oxygens (including phenoxy) is 7. The van der Waals surface area contributed by atoms with Gasteiger partial charge in [0.2, 0.25) is 0 Å². The first-order chi connectivity index (χ1) is 22.8. The van der Waals surface area contributed by atoms with Crippen LogP contribution < -0.4 is 0 Å². The average Bonchev–Trinajstić information content (AvgIpc) is 3.41. The van der Waals surface area contributed by atoms with Gasteiger partial charge < -0.3 is 48.5 Å². The highest BCUT2D eigenvalue weighted by molar-refractivity contribution is 5.85. The molecule has 0 unspecified atom stereocenters. The molecule has 0 aromatic rings. The van der Waals surface area contributed by atoms with Crippen molar-refractivity contribution in [2.24, 2.45) is 28.6 Å². The molecule has 4 aliphatic carbocycles. The molecular weight excluding hydrogens is 652 g/mol. The van der Waals surface area contributed by atoms with Crippen LogP contribution in [-0.2, 0) is 61.9 Å². The Labute approximate surface area is 281 Å². The van der Waals surface area contributed by atoms with Crippen molar-refractivity contribution < 1.29 is 77.2 Å². The monoisotopic (exact) mass is 694 g/mol. The zero-order valence-electron chi connectivity index (χ0n) is 27.9. The van der Waals surface area contributed by atoms with E-state index in [0.29, 0.717) is 12.0 Å². The average molecular weight is 695 g/mol. The third kappa shape index (κ3) is 5.16. The van der Waals surface area contributed by atoms with E-state index in [1.54, 1.807) is 0 Å². The van der Waals surface area contributed by atoms with E-state index in [2.05, 4.69) is 6.58 Å². The summed E-state index contributed by atoms with van der Waals surface area (Å²) in [5.74, 6) is -7.89. The Kier molecular flexibility index (Phi) is 8.44. The third-order valence-corrected chi connectivity index (χ3v) is 11.8. The van der Waals surface area contributed by atoms with E-state index in [1.807, 2.05) is 0 Å². The molecular formula is C33H42O16. The maximum Gasteiger partial charge on any atom is 0.315 e. The number of carbonyl (C=O) groups excluding carboxylic acids is 5. The van der Waals surface area contributed by atoms with Crippen LogP contribution in [0.2, 0.25) is 0 Å². The normalized spacial score (nSPS) is 46.2. The number of esters is 5. The van der Waals surface area contributed by atoms with Crippen LogP contribution in [0.1, 0.15) is 66.7 Å². The van der Waals surface area contributed by atoms with E-state index >= 15 is 0 Å². The van der Waals surface area contributed by atoms with Crippen molar-refractivity contribution in [3.8, 4) is 0 Å². The number of rotatable bonds is 8. The number of aliphatic carboxylic acids is 1. The first-order valence-electron chi connectivity index (χ1n) is 16.3. The summed E-state index contributed by atoms with van der Waals surface area (Å²) in [6, 6.07) is 0. The molecule has 2 aliphatic heterocycles. The number of carboxylic acid groups (broad SMARTS) is 1. The Morgan fingerprint density at radius 1 is 0.959 bits per heavy atom. The molecule has 1 spiro atoms. The van der Waals surface area contributed by atoms with Crippen LogP contribution in [0.3, 0.4) is 0 Å². The van der Waals surface area contributed by atoms with Crippen molar-refractivity contribution in [1.29, 1.82) is 0 Å². The summed E-state index contributed by atoms with van der Waals surface area (Å²) in [6.07, 6.45) is -9.77. The van der Waals surface area contributed by atoms with Gasteiger partial charge in [0.1, 0.15) is 23.7 Å². The molecule has 16 heteroatoms. The molecule has 3 N–H and O–H groups in total. The van der Waals surface area contributed by atoms with Gasteiger partial charge in [-0.1, -0.05) is 6.58 Å². The molecule has 2 saturated heterocycles. The molecule has 6 aliphatic rings. The molecule has 16 nitrogen and oxygen atoms in total. The van der Waals surface area contributed by atoms with E-state index < -0.39 is 125 Å². The van der Waals surface area contributed by atoms with Crippen LogP contribution in [-0.4, -0.2) is 112 Å². The van der Waals surface area contributed by atoms with Gasteiger partial charge in [-0.2, -0.15) is 0 Å². The molecule has 0 radical (unpaired) electrons. The largest absolute Gasteiger partial charge is 0.481 e. The summed E-state index contributed by atoms with van der Waals surface area (Å²) in [7, 11) is 0. The van der Waals surface area contributed by atoms with Crippen LogP contribution in [0, 0.1) is 28.6 Å². The number of hydrogen-bond donors (Lipinski definition) is 3. The molecule has 14 atom stereocenters. The van der Waals surface area contributed by atoms with Crippen molar-refractivity contribution in [3.63, 3.8) is 0 Å². The minimum absolute atomic E-state index is 0.119. The molecule has 0 aromatic carbocycles. The summed E-state index contributed by atoms with van der Waals surface area (Å²) in [5.41, 5.74) is -4.97. The van der Waals surface area contributed by atoms with Crippen molar-refractivity contribution >= 4 is 35.8 Å². The number of aliphatic hydroxyl groups excluding tert-OH is 1. The van der Waals surface area contributed by atoms with Gasteiger partial charge in [0.05, 0.1) is 23.7 Å². The number of carboxylic acids is 1. The zero-order valence-corrected chi connectivity index (χ0v) is 27.9. The van der Waals surface area contributed by atoms with Crippen molar-refractivity contribution in [2.75, 3.05) is 6.61 Å². The van der Waals surface area contributed by atoms with Crippen LogP contribution >= 0.6 is 0 Å². The van der Waals surface area contributed by atoms with Gasteiger partial charge in [-0.15, -0.1) is 0 Å². The van der Waals surface area contributed by atoms with Crippen molar-refractivity contribution in [2.45, 2.75) is 121 Å². The summed E-state index contributed by atoms with van der Waals surface area (Å²) >= 11 is 0. The van der Waals surface area contributed by atoms with E-state index in [4.69, 9.17) is 33.2 Å². The standard InChI is InChI=1S/C33H42O16/c1-13-9-31-12-32(13,42)8-7-20(31)33-10-18(26(38)30(6,29(41)49-33)25(33)21(31)27(39)40)47-28-24(46-17(5)37)23(45-16(4)36)22(44-15(3)35)19(48-28)11-43-14(2)34/h18-26,28,38,42H,1,7-12H2,2-6H3,(H,39,40)/t18-,19+,20+,21+,22+,23-,24+,25+,26-,28+,30-,31-,32-,33+/m0/s1. The first-order valence-corrected chi connectivity index (χ1v) is 16.3. The van der Waals surface area contributed by atoms with Gasteiger partial charge in [-0.3, -0.25) is 28.8 Å². The topological polar surface area (TPSA) is 228 Å². The Hall–Kier alpha value is -3.60. The number of fused-ring (bicyclic) bond motifs is 1. The summed E-state index contributed by atoms with van der Waals surface area (Å²) in [6.45, 7) is 9.37. The third-order valence-electron chi connectivity index (χ3n) is 11.8. The molecule has 0 amide bonds. The van der Waals surface area contributed by atoms with E-state index in [1.165, 1.54) is 6.92 Å². The predicted octanol–water partition coefficient (Wildman–Crippen LogP) is 0.329. The van der Waals surface area contributed by atoms with Gasteiger partial charge in [-0.05, 0) is 43.6 Å². The molecule has 4 bridgehead atoms. The van der Waals surface area contributed by atoms with Gasteiger partial charge in [0.25, 0.3) is 0 Å². The first kappa shape index (κ1) is 35.2. The predicted molar refractivity (Wildman–Crippen MR) is 157 cm³/mol. The lowest BCUT2D eigenvalue weighted by Crippen LogP contribution is -2.65. The Balaban J connectivity index is 1.40. The lowest BCUT2D eigenvalue weighted by atomic mass is 9.58. The minimum Gasteiger partial charge on any atom is -0.481 e. The smallest absolute Gasteiger partial charge is 0.315 e. The summed E-state index contributed by atoms with van der Waals surface area (Å²) < 4.78 is 40.2. The van der Waals surface area contributed by atoms with E-state index in [-0.39, 0.29) is 25.7 Å². The Morgan fingerprint density at radius 2 is 1.57 bits per heavy atom. The quantitative estimate of drug-likeness (QED) is 0.177. The van der Waals surface area contributed by atoms with E-state index in [9.17, 15) is 44.1 Å². The fourth-order valence-corrected chi connectivity index (χ4v) is 10.3. The highest BCUT2D eigenvalue weighted by atomic mass is 16.7. The lowest BCUT2D eigenvalue weighted by Gasteiger charge is -2.50. The minimum atomic E-state index is -1.79. The molecule has 2 heterocycles. The fourth-order valence-electron chi connectivity index (χ4n) is 10.3. The second-order valence-corrected chi connectivity index (χ2v) is 14.6. The lowest BCUT2D eigenvalue weighted by molar-refractivity contribution is -0.330. The van der Waals surface area contributed by atoms with Crippen molar-refractivity contribution in [3.05, 3.63) is 12.2 Å². The maximum absolute atomic E-state index is 13.8. The van der Waals surface area contributed by atoms with Crippen molar-refractivity contribution in [1.82, 2.24) is 0 Å². The molecule has 6 rings (SSSR count). The maximum atomic E-state index is 13.8. The van der Waals surface area contributed by atoms with Gasteiger partial charge in [0.15, 0.2) is 24.6 Å². The zero-order chi connectivity index (χ0) is 36.0. The van der Waals surface area contributed by atoms with E-state index in [0.717, 1.165) is 27.7 Å². The van der Waals surface area contributed by atoms with Crippen LogP contribution in [0.15, 0.2) is 12.2 Å².